The van der Waals surface area contributed by atoms with Crippen molar-refractivity contribution in [2.75, 3.05) is 16.8 Å². The van der Waals surface area contributed by atoms with Crippen molar-refractivity contribution in [1.82, 2.24) is 9.97 Å². The molecule has 1 saturated heterocycles. The van der Waals surface area contributed by atoms with E-state index in [0.717, 1.165) is 18.1 Å². The molecule has 1 fully saturated rings. The third kappa shape index (κ3) is 3.38. The number of hydrogen-bond acceptors (Lipinski definition) is 4. The van der Waals surface area contributed by atoms with Crippen molar-refractivity contribution in [2.45, 2.75) is 45.6 Å². The van der Waals surface area contributed by atoms with Gasteiger partial charge in [0.25, 0.3) is 0 Å². The number of hydrogen-bond donors (Lipinski definition) is 1. The van der Waals surface area contributed by atoms with E-state index in [-0.39, 0.29) is 0 Å². The maximum atomic E-state index is 4.72. The van der Waals surface area contributed by atoms with E-state index in [4.69, 9.17) is 4.98 Å². The van der Waals surface area contributed by atoms with E-state index in [1.54, 1.807) is 0 Å². The van der Waals surface area contributed by atoms with Crippen molar-refractivity contribution in [3.05, 3.63) is 42.1 Å². The molecule has 0 spiro atoms. The quantitative estimate of drug-likeness (QED) is 0.913. The Bertz CT molecular complexity index is 609. The minimum atomic E-state index is 0.607. The number of aromatic nitrogens is 2. The van der Waals surface area contributed by atoms with E-state index in [2.05, 4.69) is 53.3 Å². The minimum Gasteiger partial charge on any atom is -0.353 e. The number of nitrogens with zero attached hydrogens (tertiary/aromatic N) is 3. The second kappa shape index (κ2) is 6.77. The van der Waals surface area contributed by atoms with E-state index in [9.17, 15) is 0 Å². The Morgan fingerprint density at radius 2 is 2.00 bits per heavy atom. The summed E-state index contributed by atoms with van der Waals surface area (Å²) >= 11 is 0. The van der Waals surface area contributed by atoms with Crippen molar-refractivity contribution < 1.29 is 0 Å². The molecule has 1 aromatic heterocycles. The highest BCUT2D eigenvalue weighted by molar-refractivity contribution is 5.55. The van der Waals surface area contributed by atoms with Crippen LogP contribution >= 0.6 is 0 Å². The molecular weight excluding hydrogens is 272 g/mol. The maximum Gasteiger partial charge on any atom is 0.229 e. The predicted molar refractivity (Wildman–Crippen MR) is 91.8 cm³/mol. The lowest BCUT2D eigenvalue weighted by atomic mass is 10.0. The molecule has 0 aliphatic carbocycles. The van der Waals surface area contributed by atoms with Gasteiger partial charge in [-0.05, 0) is 50.8 Å². The number of benzene rings is 1. The van der Waals surface area contributed by atoms with Gasteiger partial charge in [-0.25, -0.2) is 4.98 Å². The highest BCUT2D eigenvalue weighted by atomic mass is 15.2. The average Bonchev–Trinajstić information content (AvgIpc) is 2.57. The van der Waals surface area contributed by atoms with E-state index in [1.165, 1.54) is 31.2 Å². The van der Waals surface area contributed by atoms with Crippen molar-refractivity contribution >= 4 is 17.5 Å². The van der Waals surface area contributed by atoms with Crippen LogP contribution in [-0.4, -0.2) is 22.6 Å². The smallest absolute Gasteiger partial charge is 0.229 e. The SMILES string of the molecule is CCC1CCCCN1c1ccnc(Nc2ccc(C)cc2)n1. The highest BCUT2D eigenvalue weighted by Crippen LogP contribution is 2.25. The largest absolute Gasteiger partial charge is 0.353 e. The topological polar surface area (TPSA) is 41.1 Å². The molecule has 4 heteroatoms. The molecule has 116 valence electrons. The number of rotatable bonds is 4. The standard InChI is InChI=1S/C18H24N4/c1-3-16-6-4-5-13-22(16)17-11-12-19-18(21-17)20-15-9-7-14(2)8-10-15/h7-12,16H,3-6,13H2,1-2H3,(H,19,20,21). The fraction of sp³-hybridized carbons (Fsp3) is 0.444. The minimum absolute atomic E-state index is 0.607. The molecule has 1 aliphatic rings. The molecule has 1 aromatic carbocycles. The summed E-state index contributed by atoms with van der Waals surface area (Å²) in [4.78, 5) is 11.5. The number of aryl methyl sites for hydroxylation is 1. The van der Waals surface area contributed by atoms with Gasteiger partial charge in [0.05, 0.1) is 0 Å². The van der Waals surface area contributed by atoms with Crippen LogP contribution in [0.1, 0.15) is 38.2 Å². The number of nitrogens with one attached hydrogen (secondary N) is 1. The van der Waals surface area contributed by atoms with E-state index in [1.807, 2.05) is 12.3 Å². The summed E-state index contributed by atoms with van der Waals surface area (Å²) in [7, 11) is 0. The molecule has 3 rings (SSSR count). The molecule has 0 amide bonds. The van der Waals surface area contributed by atoms with Crippen LogP contribution in [0.15, 0.2) is 36.5 Å². The van der Waals surface area contributed by atoms with E-state index >= 15 is 0 Å². The molecule has 1 unspecified atom stereocenters. The monoisotopic (exact) mass is 296 g/mol. The van der Waals surface area contributed by atoms with Crippen LogP contribution in [0.2, 0.25) is 0 Å². The Morgan fingerprint density at radius 1 is 1.18 bits per heavy atom. The first kappa shape index (κ1) is 14.8. The Labute approximate surface area is 132 Å². The lowest BCUT2D eigenvalue weighted by molar-refractivity contribution is 0.447. The van der Waals surface area contributed by atoms with Gasteiger partial charge in [0, 0.05) is 24.5 Å². The fourth-order valence-electron chi connectivity index (χ4n) is 3.06. The second-order valence-electron chi connectivity index (χ2n) is 5.98. The van der Waals surface area contributed by atoms with Crippen LogP contribution in [-0.2, 0) is 0 Å². The molecule has 2 heterocycles. The fourth-order valence-corrected chi connectivity index (χ4v) is 3.06. The Morgan fingerprint density at radius 3 is 2.77 bits per heavy atom. The zero-order valence-corrected chi connectivity index (χ0v) is 13.4. The van der Waals surface area contributed by atoms with Crippen LogP contribution in [0.25, 0.3) is 0 Å². The van der Waals surface area contributed by atoms with Crippen molar-refractivity contribution in [1.29, 1.82) is 0 Å². The van der Waals surface area contributed by atoms with Crippen LogP contribution in [0.5, 0.6) is 0 Å². The summed E-state index contributed by atoms with van der Waals surface area (Å²) in [6.45, 7) is 5.44. The van der Waals surface area contributed by atoms with Crippen LogP contribution in [0.4, 0.5) is 17.5 Å². The van der Waals surface area contributed by atoms with Crippen LogP contribution in [0, 0.1) is 6.92 Å². The molecular formula is C18H24N4. The van der Waals surface area contributed by atoms with Crippen molar-refractivity contribution in [3.8, 4) is 0 Å². The zero-order valence-electron chi connectivity index (χ0n) is 13.4. The molecule has 1 aliphatic heterocycles. The van der Waals surface area contributed by atoms with Gasteiger partial charge in [-0.2, -0.15) is 4.98 Å². The lowest BCUT2D eigenvalue weighted by Crippen LogP contribution is -2.39. The Kier molecular flexibility index (Phi) is 4.56. The zero-order chi connectivity index (χ0) is 15.4. The van der Waals surface area contributed by atoms with Gasteiger partial charge < -0.3 is 10.2 Å². The summed E-state index contributed by atoms with van der Waals surface area (Å²) in [5, 5.41) is 3.29. The summed E-state index contributed by atoms with van der Waals surface area (Å²) in [6, 6.07) is 10.9. The number of anilines is 3. The Balaban J connectivity index is 1.78. The molecule has 0 saturated carbocycles. The molecule has 0 bridgehead atoms. The normalized spacial score (nSPS) is 18.3. The van der Waals surface area contributed by atoms with Crippen LogP contribution < -0.4 is 10.2 Å². The van der Waals surface area contributed by atoms with Gasteiger partial charge in [0.15, 0.2) is 0 Å². The highest BCUT2D eigenvalue weighted by Gasteiger charge is 2.22. The molecule has 22 heavy (non-hydrogen) atoms. The molecule has 0 radical (unpaired) electrons. The number of piperidine rings is 1. The summed E-state index contributed by atoms with van der Waals surface area (Å²) in [6.07, 6.45) is 6.86. The first-order valence-corrected chi connectivity index (χ1v) is 8.19. The molecule has 2 aromatic rings. The first-order chi connectivity index (χ1) is 10.8. The summed E-state index contributed by atoms with van der Waals surface area (Å²) < 4.78 is 0. The van der Waals surface area contributed by atoms with E-state index in [0.29, 0.717) is 12.0 Å². The van der Waals surface area contributed by atoms with Gasteiger partial charge >= 0.3 is 0 Å². The van der Waals surface area contributed by atoms with Gasteiger partial charge in [0.2, 0.25) is 5.95 Å². The maximum absolute atomic E-state index is 4.72. The van der Waals surface area contributed by atoms with Crippen molar-refractivity contribution in [2.24, 2.45) is 0 Å². The van der Waals surface area contributed by atoms with E-state index < -0.39 is 0 Å². The second-order valence-corrected chi connectivity index (χ2v) is 5.98. The average molecular weight is 296 g/mol. The van der Waals surface area contributed by atoms with Gasteiger partial charge in [-0.3, -0.25) is 0 Å². The summed E-state index contributed by atoms with van der Waals surface area (Å²) in [5.41, 5.74) is 2.27. The van der Waals surface area contributed by atoms with Crippen molar-refractivity contribution in [3.63, 3.8) is 0 Å². The Hall–Kier alpha value is -2.10. The molecule has 4 nitrogen and oxygen atoms in total. The molecule has 1 atom stereocenters. The van der Waals surface area contributed by atoms with Gasteiger partial charge in [-0.15, -0.1) is 0 Å². The van der Waals surface area contributed by atoms with Crippen LogP contribution in [0.3, 0.4) is 0 Å². The third-order valence-corrected chi connectivity index (χ3v) is 4.34. The first-order valence-electron chi connectivity index (χ1n) is 8.19. The molecule has 1 N–H and O–H groups in total. The summed E-state index contributed by atoms with van der Waals surface area (Å²) in [5.74, 6) is 1.71. The third-order valence-electron chi connectivity index (χ3n) is 4.34. The van der Waals surface area contributed by atoms with Gasteiger partial charge in [0.1, 0.15) is 5.82 Å². The van der Waals surface area contributed by atoms with Gasteiger partial charge in [-0.1, -0.05) is 24.6 Å². The lowest BCUT2D eigenvalue weighted by Gasteiger charge is -2.36. The predicted octanol–water partition coefficient (Wildman–Crippen LogP) is 4.30.